The number of hydrogen-bond donors (Lipinski definition) is 1. The predicted octanol–water partition coefficient (Wildman–Crippen LogP) is 3.83. The lowest BCUT2D eigenvalue weighted by atomic mass is 10.1. The Morgan fingerprint density at radius 3 is 2.71 bits per heavy atom. The molecule has 0 radical (unpaired) electrons. The largest absolute Gasteiger partial charge is 0.378 e. The SMILES string of the molecule is N#Cc1cccc(NCc2cc(-c3ccccc3)no2)c1. The third-order valence-electron chi connectivity index (χ3n) is 3.09. The van der Waals surface area contributed by atoms with Crippen LogP contribution >= 0.6 is 0 Å². The molecule has 0 aliphatic carbocycles. The molecule has 2 aromatic carbocycles. The third kappa shape index (κ3) is 3.10. The minimum absolute atomic E-state index is 0.523. The smallest absolute Gasteiger partial charge is 0.156 e. The molecule has 0 fully saturated rings. The summed E-state index contributed by atoms with van der Waals surface area (Å²) in [6.45, 7) is 0.523. The molecule has 102 valence electrons. The van der Waals surface area contributed by atoms with Crippen molar-refractivity contribution in [1.29, 1.82) is 5.26 Å². The van der Waals surface area contributed by atoms with Crippen LogP contribution in [0.2, 0.25) is 0 Å². The number of nitrogens with one attached hydrogen (secondary N) is 1. The van der Waals surface area contributed by atoms with E-state index >= 15 is 0 Å². The lowest BCUT2D eigenvalue weighted by Crippen LogP contribution is -1.98. The topological polar surface area (TPSA) is 61.9 Å². The van der Waals surface area contributed by atoms with Crippen LogP contribution in [0.5, 0.6) is 0 Å². The number of benzene rings is 2. The number of hydrogen-bond acceptors (Lipinski definition) is 4. The van der Waals surface area contributed by atoms with Crippen LogP contribution in [-0.2, 0) is 6.54 Å². The van der Waals surface area contributed by atoms with Gasteiger partial charge in [0.1, 0.15) is 5.69 Å². The van der Waals surface area contributed by atoms with Gasteiger partial charge in [0, 0.05) is 17.3 Å². The Bertz CT molecular complexity index is 772. The van der Waals surface area contributed by atoms with Crippen molar-refractivity contribution in [3.63, 3.8) is 0 Å². The van der Waals surface area contributed by atoms with E-state index in [1.54, 1.807) is 12.1 Å². The fraction of sp³-hybridized carbons (Fsp3) is 0.0588. The van der Waals surface area contributed by atoms with Crippen LogP contribution in [0.25, 0.3) is 11.3 Å². The maximum Gasteiger partial charge on any atom is 0.156 e. The molecule has 21 heavy (non-hydrogen) atoms. The Morgan fingerprint density at radius 1 is 1.05 bits per heavy atom. The van der Waals surface area contributed by atoms with E-state index in [4.69, 9.17) is 9.78 Å². The molecule has 0 saturated heterocycles. The second-order valence-electron chi connectivity index (χ2n) is 4.59. The van der Waals surface area contributed by atoms with E-state index in [2.05, 4.69) is 16.5 Å². The molecule has 0 atom stereocenters. The molecule has 0 spiro atoms. The summed E-state index contributed by atoms with van der Waals surface area (Å²) in [4.78, 5) is 0. The van der Waals surface area contributed by atoms with E-state index in [-0.39, 0.29) is 0 Å². The second-order valence-corrected chi connectivity index (χ2v) is 4.59. The summed E-state index contributed by atoms with van der Waals surface area (Å²) in [5.74, 6) is 0.746. The summed E-state index contributed by atoms with van der Waals surface area (Å²) in [5, 5.41) is 16.2. The molecule has 4 nitrogen and oxygen atoms in total. The molecular formula is C17H13N3O. The van der Waals surface area contributed by atoms with Gasteiger partial charge in [0.2, 0.25) is 0 Å². The van der Waals surface area contributed by atoms with Crippen molar-refractivity contribution in [3.8, 4) is 17.3 Å². The van der Waals surface area contributed by atoms with Gasteiger partial charge in [0.05, 0.1) is 18.2 Å². The van der Waals surface area contributed by atoms with Crippen molar-refractivity contribution in [2.75, 3.05) is 5.32 Å². The maximum absolute atomic E-state index is 8.87. The van der Waals surface area contributed by atoms with E-state index in [0.29, 0.717) is 12.1 Å². The highest BCUT2D eigenvalue weighted by Gasteiger charge is 2.06. The average molecular weight is 275 g/mol. The quantitative estimate of drug-likeness (QED) is 0.786. The Labute approximate surface area is 122 Å². The van der Waals surface area contributed by atoms with Crippen LogP contribution < -0.4 is 5.32 Å². The van der Waals surface area contributed by atoms with Crippen molar-refractivity contribution in [2.24, 2.45) is 0 Å². The van der Waals surface area contributed by atoms with Gasteiger partial charge in [-0.25, -0.2) is 0 Å². The van der Waals surface area contributed by atoms with Crippen LogP contribution in [0.15, 0.2) is 65.2 Å². The molecule has 1 heterocycles. The highest BCUT2D eigenvalue weighted by molar-refractivity contribution is 5.58. The molecule has 0 saturated carbocycles. The Morgan fingerprint density at radius 2 is 1.90 bits per heavy atom. The molecule has 0 unspecified atom stereocenters. The van der Waals surface area contributed by atoms with Gasteiger partial charge >= 0.3 is 0 Å². The first-order valence-electron chi connectivity index (χ1n) is 6.60. The second kappa shape index (κ2) is 5.93. The lowest BCUT2D eigenvalue weighted by molar-refractivity contribution is 0.390. The molecule has 0 amide bonds. The predicted molar refractivity (Wildman–Crippen MR) is 80.4 cm³/mol. The van der Waals surface area contributed by atoms with Gasteiger partial charge in [0.15, 0.2) is 5.76 Å². The van der Waals surface area contributed by atoms with Crippen molar-refractivity contribution < 1.29 is 4.52 Å². The van der Waals surface area contributed by atoms with Crippen LogP contribution in [-0.4, -0.2) is 5.16 Å². The van der Waals surface area contributed by atoms with Crippen LogP contribution in [0.1, 0.15) is 11.3 Å². The molecule has 1 aromatic heterocycles. The van der Waals surface area contributed by atoms with Gasteiger partial charge < -0.3 is 9.84 Å². The number of nitrogens with zero attached hydrogens (tertiary/aromatic N) is 2. The van der Waals surface area contributed by atoms with E-state index < -0.39 is 0 Å². The van der Waals surface area contributed by atoms with Crippen molar-refractivity contribution in [2.45, 2.75) is 6.54 Å². The fourth-order valence-corrected chi connectivity index (χ4v) is 2.03. The van der Waals surface area contributed by atoms with Crippen LogP contribution in [0.4, 0.5) is 5.69 Å². The van der Waals surface area contributed by atoms with Crippen LogP contribution in [0.3, 0.4) is 0 Å². The van der Waals surface area contributed by atoms with E-state index in [0.717, 1.165) is 22.7 Å². The van der Waals surface area contributed by atoms with Gasteiger partial charge in [-0.3, -0.25) is 0 Å². The minimum Gasteiger partial charge on any atom is -0.378 e. The summed E-state index contributed by atoms with van der Waals surface area (Å²) in [7, 11) is 0. The molecule has 3 rings (SSSR count). The van der Waals surface area contributed by atoms with E-state index in [9.17, 15) is 0 Å². The molecule has 0 aliphatic heterocycles. The number of nitriles is 1. The van der Waals surface area contributed by atoms with Gasteiger partial charge in [-0.05, 0) is 18.2 Å². The highest BCUT2D eigenvalue weighted by Crippen LogP contribution is 2.19. The molecule has 4 heteroatoms. The summed E-state index contributed by atoms with van der Waals surface area (Å²) < 4.78 is 5.32. The lowest BCUT2D eigenvalue weighted by Gasteiger charge is -2.03. The Balaban J connectivity index is 1.69. The molecule has 0 aliphatic rings. The van der Waals surface area contributed by atoms with Crippen molar-refractivity contribution in [3.05, 3.63) is 72.0 Å². The minimum atomic E-state index is 0.523. The number of aromatic nitrogens is 1. The number of rotatable bonds is 4. The first-order valence-corrected chi connectivity index (χ1v) is 6.60. The molecular weight excluding hydrogens is 262 g/mol. The van der Waals surface area contributed by atoms with E-state index in [1.165, 1.54) is 0 Å². The third-order valence-corrected chi connectivity index (χ3v) is 3.09. The Hall–Kier alpha value is -3.06. The fourth-order valence-electron chi connectivity index (χ4n) is 2.03. The van der Waals surface area contributed by atoms with Crippen molar-refractivity contribution in [1.82, 2.24) is 5.16 Å². The summed E-state index contributed by atoms with van der Waals surface area (Å²) in [5.41, 5.74) is 3.35. The summed E-state index contributed by atoms with van der Waals surface area (Å²) in [6, 6.07) is 21.2. The molecule has 3 aromatic rings. The Kier molecular flexibility index (Phi) is 3.66. The van der Waals surface area contributed by atoms with Gasteiger partial charge in [0.25, 0.3) is 0 Å². The zero-order valence-corrected chi connectivity index (χ0v) is 11.3. The average Bonchev–Trinajstić information content (AvgIpc) is 3.03. The van der Waals surface area contributed by atoms with Gasteiger partial charge in [-0.15, -0.1) is 0 Å². The molecule has 0 bridgehead atoms. The summed E-state index contributed by atoms with van der Waals surface area (Å²) in [6.07, 6.45) is 0. The van der Waals surface area contributed by atoms with Crippen LogP contribution in [0, 0.1) is 11.3 Å². The first kappa shape index (κ1) is 12.9. The first-order chi connectivity index (χ1) is 10.3. The molecule has 1 N–H and O–H groups in total. The zero-order chi connectivity index (χ0) is 14.5. The number of anilines is 1. The standard InChI is InChI=1S/C17H13N3O/c18-11-13-5-4-8-15(9-13)19-12-16-10-17(20-21-16)14-6-2-1-3-7-14/h1-10,19H,12H2. The normalized spacial score (nSPS) is 10.0. The zero-order valence-electron chi connectivity index (χ0n) is 11.3. The monoisotopic (exact) mass is 275 g/mol. The van der Waals surface area contributed by atoms with Gasteiger partial charge in [-0.2, -0.15) is 5.26 Å². The van der Waals surface area contributed by atoms with Crippen molar-refractivity contribution >= 4 is 5.69 Å². The summed E-state index contributed by atoms with van der Waals surface area (Å²) >= 11 is 0. The maximum atomic E-state index is 8.87. The van der Waals surface area contributed by atoms with E-state index in [1.807, 2.05) is 48.5 Å². The highest BCUT2D eigenvalue weighted by atomic mass is 16.5. The van der Waals surface area contributed by atoms with Gasteiger partial charge in [-0.1, -0.05) is 41.6 Å².